The van der Waals surface area contributed by atoms with Gasteiger partial charge in [0, 0.05) is 65.1 Å². The van der Waals surface area contributed by atoms with Crippen molar-refractivity contribution >= 4 is 92.2 Å². The van der Waals surface area contributed by atoms with Crippen LogP contribution in [0.25, 0.3) is 11.2 Å². The molecule has 10 N–H and O–H groups in total. The molecular formula is C61H68N9Na4O17S4+5. The van der Waals surface area contributed by atoms with Crippen LogP contribution >= 0.6 is 0 Å². The number of aliphatic carboxylic acids is 1. The summed E-state index contributed by atoms with van der Waals surface area (Å²) in [6.07, 6.45) is 11.2. The molecule has 4 heterocycles. The molecule has 0 spiro atoms. The Balaban J connectivity index is 0.00000408. The maximum absolute atomic E-state index is 13.5. The van der Waals surface area contributed by atoms with E-state index in [0.29, 0.717) is 106 Å². The van der Waals surface area contributed by atoms with Crippen LogP contribution in [0.1, 0.15) is 105 Å². The van der Waals surface area contributed by atoms with Crippen LogP contribution in [-0.4, -0.2) is 130 Å². The number of allylic oxidation sites excluding steroid dienone is 7. The first-order chi connectivity index (χ1) is 42.7. The number of carbonyl (C=O) groups is 2. The van der Waals surface area contributed by atoms with Crippen molar-refractivity contribution in [1.29, 1.82) is 0 Å². The summed E-state index contributed by atoms with van der Waals surface area (Å²) in [5.41, 5.74) is 10.2. The number of nitrogens with two attached hydrogens (primary N) is 1. The number of ether oxygens (including phenoxy) is 1. The summed E-state index contributed by atoms with van der Waals surface area (Å²) in [5, 5.41) is 16.1. The number of aromatic nitrogens is 4. The third-order valence-corrected chi connectivity index (χ3v) is 19.4. The van der Waals surface area contributed by atoms with Crippen molar-refractivity contribution in [1.82, 2.24) is 25.3 Å². The summed E-state index contributed by atoms with van der Waals surface area (Å²) in [7, 11) is -17.8. The van der Waals surface area contributed by atoms with Gasteiger partial charge in [-0.25, -0.2) is 14.8 Å². The Morgan fingerprint density at radius 1 is 0.758 bits per heavy atom. The fraction of sp³-hybridized carbons (Fsp3) is 0.328. The SMILES string of the molecule is CC1(C)C(/C=C/C2=C(Oc3ccc(C[C@H](NC(=O)c4ccc(NCc5cnc6nc(N)[nH]c(=O)c6n5)cc4)C(=O)O)cc3)C(=C/C=C3/N(CCCCS(=O)(=O)O)c4ccc(S(=O)(=O)O)cc4C3(C)C)/CCC2)=[N+](CCCCS(=O)(=O)O)c2ccc(S(=O)(=O)O)cc21.[Na+].[Na+].[Na+].[Na+]. The molecule has 9 rings (SSSR count). The van der Waals surface area contributed by atoms with E-state index in [2.05, 4.69) is 30.6 Å². The molecule has 26 nitrogen and oxygen atoms in total. The Labute approximate surface area is 639 Å². The Morgan fingerprint density at radius 2 is 1.38 bits per heavy atom. The number of H-pyrrole nitrogens is 1. The molecule has 482 valence electrons. The zero-order chi connectivity index (χ0) is 66.0. The van der Waals surface area contributed by atoms with Crippen molar-refractivity contribution in [3.8, 4) is 5.75 Å². The van der Waals surface area contributed by atoms with Crippen LogP contribution in [0.15, 0.2) is 153 Å². The number of hydrogen-bond acceptors (Lipinski definition) is 18. The van der Waals surface area contributed by atoms with Gasteiger partial charge in [-0.15, -0.1) is 0 Å². The number of rotatable bonds is 25. The minimum Gasteiger partial charge on any atom is -0.480 e. The van der Waals surface area contributed by atoms with Crippen LogP contribution in [0.4, 0.5) is 23.0 Å². The Morgan fingerprint density at radius 3 is 2.00 bits per heavy atom. The average Bonchev–Trinajstić information content (AvgIpc) is 1.60. The van der Waals surface area contributed by atoms with Gasteiger partial charge in [0.2, 0.25) is 11.6 Å². The average molecular weight is 1420 g/mol. The summed E-state index contributed by atoms with van der Waals surface area (Å²) in [4.78, 5) is 54.6. The molecule has 2 aromatic heterocycles. The minimum atomic E-state index is -4.62. The van der Waals surface area contributed by atoms with Gasteiger partial charge >= 0.3 is 124 Å². The summed E-state index contributed by atoms with van der Waals surface area (Å²) in [5.74, 6) is -2.23. The van der Waals surface area contributed by atoms with Crippen molar-refractivity contribution in [3.63, 3.8) is 0 Å². The zero-order valence-electron chi connectivity index (χ0n) is 53.8. The predicted octanol–water partition coefficient (Wildman–Crippen LogP) is -4.76. The second-order valence-corrected chi connectivity index (χ2v) is 29.2. The number of unbranched alkanes of at least 4 members (excludes halogenated alkanes) is 2. The molecule has 2 aliphatic heterocycles. The topological polar surface area (TPSA) is 409 Å². The molecule has 0 bridgehead atoms. The summed E-state index contributed by atoms with van der Waals surface area (Å²) >= 11 is 0. The Hall–Kier alpha value is -4.49. The van der Waals surface area contributed by atoms with Gasteiger partial charge in [-0.05, 0) is 154 Å². The van der Waals surface area contributed by atoms with E-state index < -0.39 is 86.3 Å². The van der Waals surface area contributed by atoms with Crippen LogP contribution in [0.5, 0.6) is 5.75 Å². The fourth-order valence-electron chi connectivity index (χ4n) is 11.4. The molecule has 34 heteroatoms. The second kappa shape index (κ2) is 33.1. The van der Waals surface area contributed by atoms with E-state index >= 15 is 0 Å². The Kier molecular flexibility index (Phi) is 28.3. The quantitative estimate of drug-likeness (QED) is 0.0112. The second-order valence-electron chi connectivity index (χ2n) is 23.2. The van der Waals surface area contributed by atoms with Crippen molar-refractivity contribution in [2.75, 3.05) is 40.5 Å². The molecule has 3 aliphatic rings. The largest absolute Gasteiger partial charge is 1.00 e. The first-order valence-corrected chi connectivity index (χ1v) is 34.8. The number of anilines is 3. The molecule has 1 amide bonds. The van der Waals surface area contributed by atoms with E-state index in [4.69, 9.17) is 10.5 Å². The number of nitrogen functional groups attached to an aromatic ring is 1. The van der Waals surface area contributed by atoms with Gasteiger partial charge in [0.15, 0.2) is 16.9 Å². The molecular weight excluding hydrogens is 1350 g/mol. The van der Waals surface area contributed by atoms with Gasteiger partial charge < -0.3 is 31.1 Å². The number of nitrogens with one attached hydrogen (secondary N) is 3. The monoisotopic (exact) mass is 1420 g/mol. The van der Waals surface area contributed by atoms with Crippen LogP contribution in [0, 0.1) is 0 Å². The molecule has 0 radical (unpaired) electrons. The van der Waals surface area contributed by atoms with Crippen molar-refractivity contribution < 1.29 is 194 Å². The van der Waals surface area contributed by atoms with Crippen molar-refractivity contribution in [2.24, 2.45) is 0 Å². The number of amides is 1. The molecule has 0 fully saturated rings. The molecule has 4 aromatic carbocycles. The Bertz CT molecular complexity index is 4610. The number of carboxylic acids is 1. The number of carbonyl (C=O) groups excluding carboxylic acids is 1. The van der Waals surface area contributed by atoms with Gasteiger partial charge in [-0.2, -0.15) is 43.2 Å². The predicted molar refractivity (Wildman–Crippen MR) is 339 cm³/mol. The number of fused-ring (bicyclic) bond motifs is 3. The first-order valence-electron chi connectivity index (χ1n) is 28.7. The van der Waals surface area contributed by atoms with Crippen LogP contribution in [0.3, 0.4) is 0 Å². The number of carboxylic acid groups (broad SMARTS) is 1. The van der Waals surface area contributed by atoms with Gasteiger partial charge in [0.05, 0.1) is 45.1 Å². The zero-order valence-corrected chi connectivity index (χ0v) is 65.1. The maximum atomic E-state index is 13.5. The number of benzene rings is 4. The van der Waals surface area contributed by atoms with Crippen LogP contribution in [0.2, 0.25) is 0 Å². The maximum Gasteiger partial charge on any atom is 1.00 e. The fourth-order valence-corrected chi connectivity index (χ4v) is 13.6. The first kappa shape index (κ1) is 81.2. The number of nitrogens with zero attached hydrogens (tertiary/aromatic N) is 5. The van der Waals surface area contributed by atoms with Gasteiger partial charge in [0.25, 0.3) is 51.9 Å². The molecule has 1 aliphatic carbocycles. The normalized spacial score (nSPS) is 16.3. The van der Waals surface area contributed by atoms with E-state index in [-0.39, 0.29) is 190 Å². The van der Waals surface area contributed by atoms with Crippen molar-refractivity contribution in [3.05, 3.63) is 176 Å². The molecule has 0 saturated heterocycles. The number of hydrogen-bond donors (Lipinski definition) is 9. The van der Waals surface area contributed by atoms with E-state index in [9.17, 15) is 71.4 Å². The van der Waals surface area contributed by atoms with Crippen LogP contribution < -0.4 is 150 Å². The minimum absolute atomic E-state index is 0. The van der Waals surface area contributed by atoms with Gasteiger partial charge in [-0.3, -0.25) is 32.8 Å². The molecule has 0 unspecified atom stereocenters. The van der Waals surface area contributed by atoms with Crippen molar-refractivity contribution in [2.45, 2.75) is 112 Å². The number of aromatic amines is 1. The third-order valence-electron chi connectivity index (χ3n) is 16.0. The third kappa shape index (κ3) is 20.4. The van der Waals surface area contributed by atoms with E-state index in [0.717, 1.165) is 0 Å². The molecule has 6 aromatic rings. The summed E-state index contributed by atoms with van der Waals surface area (Å²) < 4.78 is 144. The summed E-state index contributed by atoms with van der Waals surface area (Å²) in [6, 6.07) is 20.0. The van der Waals surface area contributed by atoms with E-state index in [1.54, 1.807) is 48.5 Å². The molecule has 0 saturated carbocycles. The van der Waals surface area contributed by atoms with E-state index in [1.807, 2.05) is 61.5 Å². The smallest absolute Gasteiger partial charge is 0.480 e. The summed E-state index contributed by atoms with van der Waals surface area (Å²) in [6.45, 7) is 8.18. The van der Waals surface area contributed by atoms with Crippen LogP contribution in [-0.2, 0) is 69.1 Å². The van der Waals surface area contributed by atoms with Gasteiger partial charge in [0.1, 0.15) is 24.1 Å². The molecule has 1 atom stereocenters. The van der Waals surface area contributed by atoms with E-state index in [1.165, 1.54) is 42.6 Å². The molecule has 95 heavy (non-hydrogen) atoms. The standard InChI is InChI=1S/C61H67N9O17S4.4Na/c1-60(2)46-33-44(90(81,82)83)22-24-49(46)69(28-5-7-30-88(75,76)77)51(60)26-16-38-10-9-11-39(17-27-52-61(3,4)47-34-45(91(84,85)86)23-25-50(47)70(52)29-6-8-31-89(78,79)80)54(38)87-43-20-12-37(13-21-43)32-48(58(73)74)66-56(71)40-14-18-41(19-15-40)63-35-42-36-64-55-53(65-42)57(72)68-59(62)67-55;;;;/h12-27,33-34,36,48H,5-11,28-32,35H2,1-4H3,(H9-,62,63,64,66,67,68,71,72,73,74,75,76,77,78,79,80,81,82,83,84,85,86);;;;/q;4*+1/p+1/t48-;;;;/m0..../s1. The van der Waals surface area contributed by atoms with Gasteiger partial charge in [-0.1, -0.05) is 32.1 Å².